The first-order valence-corrected chi connectivity index (χ1v) is 9.96. The molecule has 30 heavy (non-hydrogen) atoms. The van der Waals surface area contributed by atoms with Gasteiger partial charge in [-0.3, -0.25) is 4.79 Å². The van der Waals surface area contributed by atoms with Gasteiger partial charge in [0, 0.05) is 24.6 Å². The van der Waals surface area contributed by atoms with Crippen LogP contribution in [0.1, 0.15) is 32.0 Å². The molecule has 1 aromatic heterocycles. The molecule has 0 saturated heterocycles. The predicted molar refractivity (Wildman–Crippen MR) is 108 cm³/mol. The molecule has 1 amide bonds. The number of aromatic nitrogens is 3. The summed E-state index contributed by atoms with van der Waals surface area (Å²) >= 11 is 0. The molecule has 0 saturated carbocycles. The second-order valence-corrected chi connectivity index (χ2v) is 7.30. The van der Waals surface area contributed by atoms with E-state index in [4.69, 9.17) is 4.74 Å². The van der Waals surface area contributed by atoms with Gasteiger partial charge in [-0.1, -0.05) is 18.6 Å². The molecule has 156 valence electrons. The predicted octanol–water partition coefficient (Wildman–Crippen LogP) is 4.36. The molecule has 1 aliphatic heterocycles. The van der Waals surface area contributed by atoms with Crippen molar-refractivity contribution in [2.45, 2.75) is 45.3 Å². The van der Waals surface area contributed by atoms with Crippen molar-refractivity contribution in [3.05, 3.63) is 59.9 Å². The summed E-state index contributed by atoms with van der Waals surface area (Å²) < 4.78 is 34.9. The van der Waals surface area contributed by atoms with Gasteiger partial charge in [0.05, 0.1) is 5.69 Å². The Labute approximate surface area is 172 Å². The van der Waals surface area contributed by atoms with Crippen molar-refractivity contribution in [3.8, 4) is 17.1 Å². The van der Waals surface area contributed by atoms with E-state index in [-0.39, 0.29) is 5.69 Å². The van der Waals surface area contributed by atoms with E-state index < -0.39 is 23.6 Å². The number of carbonyl (C=O) groups excluding carboxylic acids is 1. The summed E-state index contributed by atoms with van der Waals surface area (Å²) in [4.78, 5) is 12.4. The third-order valence-electron chi connectivity index (χ3n) is 5.07. The number of hydrogen-bond acceptors (Lipinski definition) is 4. The van der Waals surface area contributed by atoms with Crippen LogP contribution in [-0.2, 0) is 17.8 Å². The minimum Gasteiger partial charge on any atom is -0.481 e. The number of hydrogen-bond donors (Lipinski definition) is 1. The Bertz CT molecular complexity index is 1070. The van der Waals surface area contributed by atoms with E-state index in [1.807, 2.05) is 12.1 Å². The summed E-state index contributed by atoms with van der Waals surface area (Å²) in [7, 11) is 0. The fourth-order valence-corrected chi connectivity index (χ4v) is 3.49. The topological polar surface area (TPSA) is 69.0 Å². The van der Waals surface area contributed by atoms with E-state index in [1.165, 1.54) is 6.42 Å². The standard InChI is InChI=1S/C22H22F2N4O2/c1-14(22(29)25-19-13-16(23)9-10-18(19)24)30-17-7-5-6-15(12-17)21-27-26-20-8-3-2-4-11-28(20)21/h5-7,9-10,12-14H,2-4,8,11H2,1H3,(H,25,29)/t14-/m1/s1. The van der Waals surface area contributed by atoms with Gasteiger partial charge in [-0.25, -0.2) is 8.78 Å². The lowest BCUT2D eigenvalue weighted by molar-refractivity contribution is -0.122. The molecule has 4 rings (SSSR count). The quantitative estimate of drug-likeness (QED) is 0.676. The Morgan fingerprint density at radius 1 is 1.13 bits per heavy atom. The Morgan fingerprint density at radius 3 is 2.87 bits per heavy atom. The van der Waals surface area contributed by atoms with Gasteiger partial charge in [0.2, 0.25) is 0 Å². The highest BCUT2D eigenvalue weighted by Gasteiger charge is 2.19. The van der Waals surface area contributed by atoms with Crippen LogP contribution in [0, 0.1) is 11.6 Å². The minimum atomic E-state index is -0.918. The van der Waals surface area contributed by atoms with Crippen LogP contribution in [0.4, 0.5) is 14.5 Å². The van der Waals surface area contributed by atoms with Crippen LogP contribution >= 0.6 is 0 Å². The Balaban J connectivity index is 1.49. The maximum Gasteiger partial charge on any atom is 0.265 e. The molecule has 0 bridgehead atoms. The number of fused-ring (bicyclic) bond motifs is 1. The van der Waals surface area contributed by atoms with Crippen molar-refractivity contribution in [2.24, 2.45) is 0 Å². The first kappa shape index (κ1) is 20.0. The van der Waals surface area contributed by atoms with Gasteiger partial charge in [0.1, 0.15) is 23.2 Å². The third kappa shape index (κ3) is 4.32. The van der Waals surface area contributed by atoms with E-state index in [2.05, 4.69) is 20.1 Å². The fourth-order valence-electron chi connectivity index (χ4n) is 3.49. The number of carbonyl (C=O) groups is 1. The van der Waals surface area contributed by atoms with Crippen molar-refractivity contribution >= 4 is 11.6 Å². The van der Waals surface area contributed by atoms with Crippen LogP contribution in [0.15, 0.2) is 42.5 Å². The zero-order chi connectivity index (χ0) is 21.1. The number of anilines is 1. The van der Waals surface area contributed by atoms with Gasteiger partial charge in [-0.15, -0.1) is 10.2 Å². The van der Waals surface area contributed by atoms with E-state index in [1.54, 1.807) is 19.1 Å². The smallest absolute Gasteiger partial charge is 0.265 e. The van der Waals surface area contributed by atoms with E-state index in [9.17, 15) is 13.6 Å². The number of amides is 1. The molecule has 0 aliphatic carbocycles. The fraction of sp³-hybridized carbons (Fsp3) is 0.318. The van der Waals surface area contributed by atoms with Gasteiger partial charge >= 0.3 is 0 Å². The summed E-state index contributed by atoms with van der Waals surface area (Å²) in [6, 6.07) is 10.1. The molecular formula is C22H22F2N4O2. The maximum atomic E-state index is 13.8. The summed E-state index contributed by atoms with van der Waals surface area (Å²) in [6.45, 7) is 2.42. The lowest BCUT2D eigenvalue weighted by Gasteiger charge is -2.16. The lowest BCUT2D eigenvalue weighted by atomic mass is 10.2. The van der Waals surface area contributed by atoms with Crippen molar-refractivity contribution in [2.75, 3.05) is 5.32 Å². The molecule has 0 spiro atoms. The highest BCUT2D eigenvalue weighted by Crippen LogP contribution is 2.26. The van der Waals surface area contributed by atoms with Gasteiger partial charge < -0.3 is 14.6 Å². The molecule has 1 N–H and O–H groups in total. The monoisotopic (exact) mass is 412 g/mol. The van der Waals surface area contributed by atoms with Crippen LogP contribution in [0.3, 0.4) is 0 Å². The molecule has 3 aromatic rings. The number of rotatable bonds is 5. The van der Waals surface area contributed by atoms with Crippen LogP contribution in [-0.4, -0.2) is 26.8 Å². The van der Waals surface area contributed by atoms with Gasteiger partial charge in [0.15, 0.2) is 11.9 Å². The van der Waals surface area contributed by atoms with E-state index in [0.29, 0.717) is 5.75 Å². The van der Waals surface area contributed by atoms with Crippen LogP contribution in [0.25, 0.3) is 11.4 Å². The third-order valence-corrected chi connectivity index (χ3v) is 5.07. The van der Waals surface area contributed by atoms with Crippen molar-refractivity contribution < 1.29 is 18.3 Å². The first-order chi connectivity index (χ1) is 14.5. The van der Waals surface area contributed by atoms with E-state index in [0.717, 1.165) is 61.2 Å². The highest BCUT2D eigenvalue weighted by atomic mass is 19.1. The molecule has 0 unspecified atom stereocenters. The van der Waals surface area contributed by atoms with Gasteiger partial charge in [-0.05, 0) is 44.0 Å². The van der Waals surface area contributed by atoms with Crippen molar-refractivity contribution in [1.29, 1.82) is 0 Å². The average molecular weight is 412 g/mol. The first-order valence-electron chi connectivity index (χ1n) is 9.96. The molecule has 2 heterocycles. The number of ether oxygens (including phenoxy) is 1. The largest absolute Gasteiger partial charge is 0.481 e. The van der Waals surface area contributed by atoms with Crippen molar-refractivity contribution in [3.63, 3.8) is 0 Å². The molecule has 8 heteroatoms. The number of nitrogens with one attached hydrogen (secondary N) is 1. The molecule has 2 aromatic carbocycles. The SMILES string of the molecule is C[C@@H](Oc1cccc(-c2nnc3n2CCCCC3)c1)C(=O)Nc1cc(F)ccc1F. The van der Waals surface area contributed by atoms with Crippen LogP contribution in [0.5, 0.6) is 5.75 Å². The minimum absolute atomic E-state index is 0.227. The normalized spacial score (nSPS) is 14.5. The Kier molecular flexibility index (Phi) is 5.74. The summed E-state index contributed by atoms with van der Waals surface area (Å²) in [5.74, 6) is 0.295. The van der Waals surface area contributed by atoms with Crippen molar-refractivity contribution in [1.82, 2.24) is 14.8 Å². The summed E-state index contributed by atoms with van der Waals surface area (Å²) in [6.07, 6.45) is 3.36. The van der Waals surface area contributed by atoms with Gasteiger partial charge in [0.25, 0.3) is 5.91 Å². The number of benzene rings is 2. The molecule has 0 fully saturated rings. The number of halogens is 2. The second kappa shape index (κ2) is 8.61. The zero-order valence-electron chi connectivity index (χ0n) is 16.6. The zero-order valence-corrected chi connectivity index (χ0v) is 16.6. The van der Waals surface area contributed by atoms with Gasteiger partial charge in [-0.2, -0.15) is 0 Å². The lowest BCUT2D eigenvalue weighted by Crippen LogP contribution is -2.30. The Hall–Kier alpha value is -3.29. The molecule has 1 atom stereocenters. The van der Waals surface area contributed by atoms with Crippen LogP contribution in [0.2, 0.25) is 0 Å². The molecule has 0 radical (unpaired) electrons. The number of aryl methyl sites for hydroxylation is 1. The van der Waals surface area contributed by atoms with E-state index >= 15 is 0 Å². The maximum absolute atomic E-state index is 13.8. The summed E-state index contributed by atoms with van der Waals surface area (Å²) in [5.41, 5.74) is 0.618. The van der Waals surface area contributed by atoms with Crippen LogP contribution < -0.4 is 10.1 Å². The second-order valence-electron chi connectivity index (χ2n) is 7.30. The average Bonchev–Trinajstić information content (AvgIpc) is 2.99. The Morgan fingerprint density at radius 2 is 2.00 bits per heavy atom. The molecule has 6 nitrogen and oxygen atoms in total. The molecule has 1 aliphatic rings. The number of nitrogens with zero attached hydrogens (tertiary/aromatic N) is 3. The molecular weight excluding hydrogens is 390 g/mol. The highest BCUT2D eigenvalue weighted by molar-refractivity contribution is 5.94. The summed E-state index contributed by atoms with van der Waals surface area (Å²) in [5, 5.41) is 11.0.